The first kappa shape index (κ1) is 12.6. The Morgan fingerprint density at radius 1 is 1.44 bits per heavy atom. The van der Waals surface area contributed by atoms with Gasteiger partial charge in [-0.3, -0.25) is 0 Å². The van der Waals surface area contributed by atoms with E-state index in [-0.39, 0.29) is 0 Å². The summed E-state index contributed by atoms with van der Waals surface area (Å²) in [6, 6.07) is 5.41. The van der Waals surface area contributed by atoms with Gasteiger partial charge in [-0.25, -0.2) is 0 Å². The molecule has 0 unspecified atom stereocenters. The number of allylic oxidation sites excluding steroid dienone is 1. The van der Waals surface area contributed by atoms with Gasteiger partial charge in [-0.15, -0.1) is 0 Å². The molecule has 0 aliphatic carbocycles. The molecule has 0 saturated heterocycles. The first-order valence-corrected chi connectivity index (χ1v) is 5.29. The van der Waals surface area contributed by atoms with Crippen molar-refractivity contribution in [3.63, 3.8) is 0 Å². The third-order valence-electron chi connectivity index (χ3n) is 2.24. The molecule has 0 aliphatic heterocycles. The first-order valence-electron chi connectivity index (χ1n) is 5.29. The van der Waals surface area contributed by atoms with Gasteiger partial charge in [-0.2, -0.15) is 0 Å². The van der Waals surface area contributed by atoms with Crippen molar-refractivity contribution in [1.29, 1.82) is 0 Å². The molecular weight excluding hydrogens is 204 g/mol. The highest BCUT2D eigenvalue weighted by Crippen LogP contribution is 2.29. The molecule has 3 heteroatoms. The van der Waals surface area contributed by atoms with Crippen LogP contribution in [0.4, 0.5) is 0 Å². The van der Waals surface area contributed by atoms with Crippen molar-refractivity contribution >= 4 is 0 Å². The lowest BCUT2D eigenvalue weighted by Crippen LogP contribution is -2.01. The van der Waals surface area contributed by atoms with Gasteiger partial charge in [0.2, 0.25) is 0 Å². The van der Waals surface area contributed by atoms with Crippen LogP contribution in [0.5, 0.6) is 11.5 Å². The Kier molecular flexibility index (Phi) is 4.86. The van der Waals surface area contributed by atoms with Crippen LogP contribution in [0, 0.1) is 0 Å². The molecule has 0 amide bonds. The Morgan fingerprint density at radius 3 is 2.75 bits per heavy atom. The van der Waals surface area contributed by atoms with E-state index < -0.39 is 6.10 Å². The quantitative estimate of drug-likeness (QED) is 0.778. The number of methoxy groups -OCH3 is 1. The third kappa shape index (κ3) is 3.28. The van der Waals surface area contributed by atoms with Crippen LogP contribution in [0.25, 0.3) is 0 Å². The molecular formula is C13H18O3. The lowest BCUT2D eigenvalue weighted by molar-refractivity contribution is 0.192. The largest absolute Gasteiger partial charge is 0.497 e. The van der Waals surface area contributed by atoms with Crippen LogP contribution in [0.1, 0.15) is 25.5 Å². The molecule has 1 atom stereocenters. The van der Waals surface area contributed by atoms with E-state index in [0.29, 0.717) is 12.4 Å². The molecule has 88 valence electrons. The molecule has 0 saturated carbocycles. The standard InChI is InChI=1S/C13H18O3/c1-4-5-8-16-13-9-11(15-3)6-7-12(13)10(2)14/h4-7,9-10,14H,8H2,1-3H3/b5-4+/t10-/m0/s1. The molecule has 0 radical (unpaired) electrons. The lowest BCUT2D eigenvalue weighted by Gasteiger charge is -2.13. The van der Waals surface area contributed by atoms with Crippen LogP contribution in [0.2, 0.25) is 0 Å². The minimum absolute atomic E-state index is 0.489. The molecule has 0 fully saturated rings. The summed E-state index contributed by atoms with van der Waals surface area (Å²) in [6.07, 6.45) is 3.28. The summed E-state index contributed by atoms with van der Waals surface area (Å²) < 4.78 is 10.7. The number of rotatable bonds is 5. The zero-order valence-corrected chi connectivity index (χ0v) is 9.93. The Balaban J connectivity index is 2.91. The molecule has 1 aromatic carbocycles. The van der Waals surface area contributed by atoms with Crippen molar-refractivity contribution in [3.8, 4) is 11.5 Å². The van der Waals surface area contributed by atoms with Gasteiger partial charge >= 0.3 is 0 Å². The van der Waals surface area contributed by atoms with E-state index in [1.807, 2.05) is 31.2 Å². The van der Waals surface area contributed by atoms with E-state index in [1.165, 1.54) is 0 Å². The lowest BCUT2D eigenvalue weighted by atomic mass is 10.1. The van der Waals surface area contributed by atoms with E-state index in [9.17, 15) is 5.11 Å². The van der Waals surface area contributed by atoms with Gasteiger partial charge in [-0.05, 0) is 26.0 Å². The summed E-state index contributed by atoms with van der Waals surface area (Å²) in [5.74, 6) is 1.38. The van der Waals surface area contributed by atoms with Gasteiger partial charge in [-0.1, -0.05) is 12.2 Å². The fraction of sp³-hybridized carbons (Fsp3) is 0.385. The van der Waals surface area contributed by atoms with Crippen molar-refractivity contribution in [1.82, 2.24) is 0 Å². The monoisotopic (exact) mass is 222 g/mol. The summed E-state index contributed by atoms with van der Waals surface area (Å²) in [5.41, 5.74) is 0.769. The summed E-state index contributed by atoms with van der Waals surface area (Å²) >= 11 is 0. The SMILES string of the molecule is C/C=C/COc1cc(OC)ccc1[C@H](C)O. The minimum Gasteiger partial charge on any atom is -0.497 e. The highest BCUT2D eigenvalue weighted by Gasteiger charge is 2.09. The predicted molar refractivity (Wildman–Crippen MR) is 63.9 cm³/mol. The number of benzene rings is 1. The molecule has 1 rings (SSSR count). The van der Waals surface area contributed by atoms with Crippen LogP contribution in [-0.2, 0) is 0 Å². The summed E-state index contributed by atoms with van der Waals surface area (Å²) in [5, 5.41) is 9.59. The van der Waals surface area contributed by atoms with E-state index in [4.69, 9.17) is 9.47 Å². The van der Waals surface area contributed by atoms with Gasteiger partial charge in [0.15, 0.2) is 0 Å². The van der Waals surface area contributed by atoms with Gasteiger partial charge in [0, 0.05) is 11.6 Å². The Labute approximate surface area is 96.3 Å². The predicted octanol–water partition coefficient (Wildman–Crippen LogP) is 2.70. The van der Waals surface area contributed by atoms with Crippen LogP contribution in [-0.4, -0.2) is 18.8 Å². The van der Waals surface area contributed by atoms with Crippen molar-refractivity contribution in [2.75, 3.05) is 13.7 Å². The maximum atomic E-state index is 9.59. The fourth-order valence-corrected chi connectivity index (χ4v) is 1.35. The maximum absolute atomic E-state index is 9.59. The molecule has 1 N–H and O–H groups in total. The molecule has 1 aromatic rings. The zero-order valence-electron chi connectivity index (χ0n) is 9.93. The highest BCUT2D eigenvalue weighted by molar-refractivity contribution is 5.41. The number of aliphatic hydroxyl groups excluding tert-OH is 1. The zero-order chi connectivity index (χ0) is 12.0. The molecule has 0 spiro atoms. The smallest absolute Gasteiger partial charge is 0.129 e. The van der Waals surface area contributed by atoms with Crippen molar-refractivity contribution in [2.45, 2.75) is 20.0 Å². The van der Waals surface area contributed by atoms with Gasteiger partial charge in [0.05, 0.1) is 13.2 Å². The van der Waals surface area contributed by atoms with Crippen LogP contribution in [0.3, 0.4) is 0 Å². The van der Waals surface area contributed by atoms with Gasteiger partial charge in [0.25, 0.3) is 0 Å². The second-order valence-corrected chi connectivity index (χ2v) is 3.46. The average Bonchev–Trinajstić information content (AvgIpc) is 2.29. The number of hydrogen-bond acceptors (Lipinski definition) is 3. The molecule has 0 aromatic heterocycles. The second kappa shape index (κ2) is 6.18. The molecule has 0 bridgehead atoms. The van der Waals surface area contributed by atoms with Crippen LogP contribution >= 0.6 is 0 Å². The number of ether oxygens (including phenoxy) is 2. The number of aliphatic hydroxyl groups is 1. The van der Waals surface area contributed by atoms with Gasteiger partial charge in [0.1, 0.15) is 18.1 Å². The Morgan fingerprint density at radius 2 is 2.19 bits per heavy atom. The minimum atomic E-state index is -0.550. The van der Waals surface area contributed by atoms with E-state index in [1.54, 1.807) is 20.1 Å². The fourth-order valence-electron chi connectivity index (χ4n) is 1.35. The van der Waals surface area contributed by atoms with Gasteiger partial charge < -0.3 is 14.6 Å². The Hall–Kier alpha value is -1.48. The van der Waals surface area contributed by atoms with Crippen molar-refractivity contribution < 1.29 is 14.6 Å². The second-order valence-electron chi connectivity index (χ2n) is 3.46. The molecule has 0 heterocycles. The third-order valence-corrected chi connectivity index (χ3v) is 2.24. The van der Waals surface area contributed by atoms with E-state index in [2.05, 4.69) is 0 Å². The maximum Gasteiger partial charge on any atom is 0.129 e. The van der Waals surface area contributed by atoms with Crippen molar-refractivity contribution in [3.05, 3.63) is 35.9 Å². The van der Waals surface area contributed by atoms with E-state index >= 15 is 0 Å². The van der Waals surface area contributed by atoms with Crippen molar-refractivity contribution in [2.24, 2.45) is 0 Å². The highest BCUT2D eigenvalue weighted by atomic mass is 16.5. The van der Waals surface area contributed by atoms with Crippen LogP contribution in [0.15, 0.2) is 30.4 Å². The average molecular weight is 222 g/mol. The Bertz CT molecular complexity index is 356. The summed E-state index contributed by atoms with van der Waals surface area (Å²) in [4.78, 5) is 0. The summed E-state index contributed by atoms with van der Waals surface area (Å²) in [7, 11) is 1.60. The van der Waals surface area contributed by atoms with E-state index in [0.717, 1.165) is 11.3 Å². The number of hydrogen-bond donors (Lipinski definition) is 1. The topological polar surface area (TPSA) is 38.7 Å². The summed E-state index contributed by atoms with van der Waals surface area (Å²) in [6.45, 7) is 4.14. The molecule has 16 heavy (non-hydrogen) atoms. The van der Waals surface area contributed by atoms with Crippen LogP contribution < -0.4 is 9.47 Å². The molecule has 3 nitrogen and oxygen atoms in total. The molecule has 0 aliphatic rings. The normalized spacial score (nSPS) is 12.8. The first-order chi connectivity index (χ1) is 7.69.